The number of benzene rings is 1. The normalized spacial score (nSPS) is 12.3. The number of halogens is 1. The summed E-state index contributed by atoms with van der Waals surface area (Å²) in [5, 5.41) is 11.0. The van der Waals surface area contributed by atoms with E-state index in [0.29, 0.717) is 12.1 Å². The summed E-state index contributed by atoms with van der Waals surface area (Å²) in [5.74, 6) is 0. The van der Waals surface area contributed by atoms with Crippen molar-refractivity contribution in [2.45, 2.75) is 12.6 Å². The molecule has 0 aliphatic rings. The van der Waals surface area contributed by atoms with Gasteiger partial charge in [-0.2, -0.15) is 5.26 Å². The van der Waals surface area contributed by atoms with E-state index >= 15 is 0 Å². The molecule has 104 valence electrons. The quantitative estimate of drug-likeness (QED) is 0.898. The fourth-order valence-electron chi connectivity index (χ4n) is 2.15. The Morgan fingerprint density at radius 3 is 2.85 bits per heavy atom. The van der Waals surface area contributed by atoms with Gasteiger partial charge in [-0.3, -0.25) is 4.90 Å². The first-order chi connectivity index (χ1) is 9.63. The lowest BCUT2D eigenvalue weighted by atomic mass is 10.1. The monoisotopic (exact) mass is 349 g/mol. The number of hydrogen-bond acceptors (Lipinski definition) is 4. The van der Waals surface area contributed by atoms with Crippen molar-refractivity contribution in [3.8, 4) is 6.07 Å². The Morgan fingerprint density at radius 2 is 2.25 bits per heavy atom. The number of nitrogens with two attached hydrogens (primary N) is 1. The molecule has 0 aliphatic carbocycles. The van der Waals surface area contributed by atoms with E-state index in [2.05, 4.69) is 45.4 Å². The number of hydrogen-bond donors (Lipinski definition) is 1. The van der Waals surface area contributed by atoms with Crippen molar-refractivity contribution in [3.05, 3.63) is 56.2 Å². The van der Waals surface area contributed by atoms with Crippen LogP contribution in [0.1, 0.15) is 22.0 Å². The van der Waals surface area contributed by atoms with E-state index < -0.39 is 0 Å². The predicted octanol–water partition coefficient (Wildman–Crippen LogP) is 3.51. The molecule has 1 unspecified atom stereocenters. The molecule has 1 atom stereocenters. The lowest BCUT2D eigenvalue weighted by Gasteiger charge is -2.26. The van der Waals surface area contributed by atoms with Crippen molar-refractivity contribution < 1.29 is 0 Å². The lowest BCUT2D eigenvalue weighted by molar-refractivity contribution is 0.245. The molecular weight excluding hydrogens is 334 g/mol. The van der Waals surface area contributed by atoms with Crippen LogP contribution in [0.3, 0.4) is 0 Å². The highest BCUT2D eigenvalue weighted by molar-refractivity contribution is 9.10. The van der Waals surface area contributed by atoms with Gasteiger partial charge >= 0.3 is 0 Å². The molecule has 0 aliphatic heterocycles. The van der Waals surface area contributed by atoms with Crippen LogP contribution >= 0.6 is 27.3 Å². The summed E-state index contributed by atoms with van der Waals surface area (Å²) >= 11 is 5.19. The van der Waals surface area contributed by atoms with E-state index in [1.54, 1.807) is 11.3 Å². The van der Waals surface area contributed by atoms with Crippen molar-refractivity contribution in [1.82, 2.24) is 4.90 Å². The Hall–Kier alpha value is -1.19. The van der Waals surface area contributed by atoms with Crippen LogP contribution in [-0.2, 0) is 6.54 Å². The van der Waals surface area contributed by atoms with Gasteiger partial charge in [0, 0.05) is 27.8 Å². The molecule has 0 fully saturated rings. The Morgan fingerprint density at radius 1 is 1.45 bits per heavy atom. The minimum Gasteiger partial charge on any atom is -0.329 e. The molecule has 1 aromatic heterocycles. The molecule has 0 amide bonds. The van der Waals surface area contributed by atoms with Crippen LogP contribution in [0, 0.1) is 11.3 Å². The molecule has 0 saturated carbocycles. The highest BCUT2D eigenvalue weighted by Crippen LogP contribution is 2.29. The summed E-state index contributed by atoms with van der Waals surface area (Å²) in [5.41, 5.74) is 7.74. The second-order valence-electron chi connectivity index (χ2n) is 4.65. The van der Waals surface area contributed by atoms with E-state index in [1.165, 1.54) is 4.88 Å². The smallest absolute Gasteiger partial charge is 0.0991 e. The molecular formula is C15H16BrN3S. The van der Waals surface area contributed by atoms with E-state index in [1.807, 2.05) is 24.3 Å². The van der Waals surface area contributed by atoms with Gasteiger partial charge in [0.2, 0.25) is 0 Å². The van der Waals surface area contributed by atoms with Crippen LogP contribution in [0.15, 0.2) is 40.2 Å². The van der Waals surface area contributed by atoms with Crippen LogP contribution in [0.4, 0.5) is 0 Å². The zero-order valence-electron chi connectivity index (χ0n) is 11.2. The maximum Gasteiger partial charge on any atom is 0.0991 e. The van der Waals surface area contributed by atoms with Crippen molar-refractivity contribution in [1.29, 1.82) is 5.26 Å². The third kappa shape index (κ3) is 3.68. The van der Waals surface area contributed by atoms with Crippen molar-refractivity contribution in [3.63, 3.8) is 0 Å². The van der Waals surface area contributed by atoms with Crippen LogP contribution in [0.5, 0.6) is 0 Å². The molecule has 20 heavy (non-hydrogen) atoms. The first-order valence-electron chi connectivity index (χ1n) is 6.27. The zero-order chi connectivity index (χ0) is 14.5. The number of nitrogens with zero attached hydrogens (tertiary/aromatic N) is 2. The van der Waals surface area contributed by atoms with Gasteiger partial charge < -0.3 is 5.73 Å². The second-order valence-corrected chi connectivity index (χ2v) is 6.50. The van der Waals surface area contributed by atoms with Crippen molar-refractivity contribution in [2.24, 2.45) is 5.73 Å². The number of thiophene rings is 1. The second kappa shape index (κ2) is 7.00. The Labute approximate surface area is 131 Å². The molecule has 0 radical (unpaired) electrons. The molecule has 1 heterocycles. The summed E-state index contributed by atoms with van der Waals surface area (Å²) in [7, 11) is 2.06. The highest BCUT2D eigenvalue weighted by Gasteiger charge is 2.17. The summed E-state index contributed by atoms with van der Waals surface area (Å²) in [6.07, 6.45) is 0. The van der Waals surface area contributed by atoms with Gasteiger partial charge in [0.05, 0.1) is 17.7 Å². The van der Waals surface area contributed by atoms with Gasteiger partial charge in [0.15, 0.2) is 0 Å². The summed E-state index contributed by atoms with van der Waals surface area (Å²) < 4.78 is 1.09. The molecule has 0 spiro atoms. The van der Waals surface area contributed by atoms with Gasteiger partial charge in [-0.25, -0.2) is 0 Å². The van der Waals surface area contributed by atoms with Gasteiger partial charge in [0.25, 0.3) is 0 Å². The fourth-order valence-corrected chi connectivity index (χ4v) is 3.78. The minimum absolute atomic E-state index is 0.192. The van der Waals surface area contributed by atoms with Gasteiger partial charge in [0.1, 0.15) is 0 Å². The van der Waals surface area contributed by atoms with Gasteiger partial charge in [-0.05, 0) is 46.7 Å². The number of nitriles is 1. The maximum absolute atomic E-state index is 8.95. The largest absolute Gasteiger partial charge is 0.329 e. The first-order valence-corrected chi connectivity index (χ1v) is 7.94. The zero-order valence-corrected chi connectivity index (χ0v) is 13.6. The summed E-state index contributed by atoms with van der Waals surface area (Å²) in [6, 6.07) is 12.2. The molecule has 0 saturated heterocycles. The summed E-state index contributed by atoms with van der Waals surface area (Å²) in [6.45, 7) is 1.34. The predicted molar refractivity (Wildman–Crippen MR) is 86.4 cm³/mol. The molecule has 3 nitrogen and oxygen atoms in total. The maximum atomic E-state index is 8.95. The summed E-state index contributed by atoms with van der Waals surface area (Å²) in [4.78, 5) is 3.47. The molecule has 2 N–H and O–H groups in total. The van der Waals surface area contributed by atoms with Crippen LogP contribution in [0.2, 0.25) is 0 Å². The van der Waals surface area contributed by atoms with Gasteiger partial charge in [-0.1, -0.05) is 12.1 Å². The third-order valence-corrected chi connectivity index (χ3v) is 4.95. The van der Waals surface area contributed by atoms with E-state index in [4.69, 9.17) is 11.0 Å². The molecule has 2 rings (SSSR count). The Kier molecular flexibility index (Phi) is 5.32. The Bertz CT molecular complexity index is 618. The van der Waals surface area contributed by atoms with Crippen LogP contribution in [-0.4, -0.2) is 18.5 Å². The SMILES string of the molecule is CN(Cc1cccc(C#N)c1)C(CN)c1cc(Br)cs1. The molecule has 2 aromatic rings. The Balaban J connectivity index is 2.13. The number of likely N-dealkylation sites (N-methyl/N-ethyl adjacent to an activating group) is 1. The standard InChI is InChI=1S/C15H16BrN3S/c1-19(9-12-4-2-3-11(5-12)7-17)14(8-18)15-6-13(16)10-20-15/h2-6,10,14H,8-9,18H2,1H3. The third-order valence-electron chi connectivity index (χ3n) is 3.16. The molecule has 5 heteroatoms. The topological polar surface area (TPSA) is 53.0 Å². The van der Waals surface area contributed by atoms with Crippen LogP contribution < -0.4 is 5.73 Å². The van der Waals surface area contributed by atoms with Crippen LogP contribution in [0.25, 0.3) is 0 Å². The van der Waals surface area contributed by atoms with E-state index in [9.17, 15) is 0 Å². The van der Waals surface area contributed by atoms with Crippen molar-refractivity contribution in [2.75, 3.05) is 13.6 Å². The van der Waals surface area contributed by atoms with E-state index in [-0.39, 0.29) is 6.04 Å². The fraction of sp³-hybridized carbons (Fsp3) is 0.267. The average Bonchev–Trinajstić information content (AvgIpc) is 2.86. The number of rotatable bonds is 5. The first kappa shape index (κ1) is 15.2. The molecule has 0 bridgehead atoms. The van der Waals surface area contributed by atoms with Crippen molar-refractivity contribution >= 4 is 27.3 Å². The van der Waals surface area contributed by atoms with E-state index in [0.717, 1.165) is 16.6 Å². The molecule has 1 aromatic carbocycles. The minimum atomic E-state index is 0.192. The highest BCUT2D eigenvalue weighted by atomic mass is 79.9. The lowest BCUT2D eigenvalue weighted by Crippen LogP contribution is -2.29. The average molecular weight is 350 g/mol. The van der Waals surface area contributed by atoms with Gasteiger partial charge in [-0.15, -0.1) is 11.3 Å².